The summed E-state index contributed by atoms with van der Waals surface area (Å²) in [4.78, 5) is 12.2. The van der Waals surface area contributed by atoms with Crippen LogP contribution in [-0.2, 0) is 12.6 Å². The zero-order chi connectivity index (χ0) is 18.5. The van der Waals surface area contributed by atoms with E-state index >= 15 is 0 Å². The van der Waals surface area contributed by atoms with E-state index in [1.165, 1.54) is 12.1 Å². The molecule has 4 N–H and O–H groups in total. The molecule has 134 valence electrons. The van der Waals surface area contributed by atoms with Gasteiger partial charge >= 0.3 is 6.18 Å². The van der Waals surface area contributed by atoms with E-state index in [9.17, 15) is 18.0 Å². The number of carbonyl (C=O) groups is 1. The average molecular weight is 380 g/mol. The molecule has 0 spiro atoms. The number of rotatable bonds is 3. The maximum Gasteiger partial charge on any atom is 0.416 e. The number of benzene rings is 1. The average Bonchev–Trinajstić information content (AvgIpc) is 3.18. The summed E-state index contributed by atoms with van der Waals surface area (Å²) in [5.74, 6) is -0.528. The molecule has 1 aromatic carbocycles. The van der Waals surface area contributed by atoms with Gasteiger partial charge in [0.25, 0.3) is 5.91 Å². The van der Waals surface area contributed by atoms with Crippen molar-refractivity contribution in [2.45, 2.75) is 19.0 Å². The first-order chi connectivity index (χ1) is 12.3. The Hall–Kier alpha value is -2.65. The number of fused-ring (bicyclic) bond motifs is 2. The number of hydrogen-bond donors (Lipinski definition) is 2. The summed E-state index contributed by atoms with van der Waals surface area (Å²) in [6.07, 6.45) is -1.39. The number of hydrogen-bond acceptors (Lipinski definition) is 4. The molecule has 26 heavy (non-hydrogen) atoms. The molecular weight excluding hydrogens is 367 g/mol. The number of alkyl halides is 3. The van der Waals surface area contributed by atoms with Crippen LogP contribution in [0.3, 0.4) is 0 Å². The summed E-state index contributed by atoms with van der Waals surface area (Å²) >= 11 is 1.05. The second kappa shape index (κ2) is 5.96. The quantitative estimate of drug-likeness (QED) is 0.803. The lowest BCUT2D eigenvalue weighted by atomic mass is 9.91. The topological polar surface area (TPSA) is 81.3 Å². The van der Waals surface area contributed by atoms with Gasteiger partial charge in [0, 0.05) is 5.57 Å². The molecule has 0 saturated heterocycles. The normalized spacial score (nSPS) is 15.8. The van der Waals surface area contributed by atoms with Gasteiger partial charge in [0.15, 0.2) is 10.8 Å². The largest absolute Gasteiger partial charge is 0.446 e. The van der Waals surface area contributed by atoms with Crippen molar-refractivity contribution in [2.24, 2.45) is 10.8 Å². The maximum absolute atomic E-state index is 12.9. The second-order valence-corrected chi connectivity index (χ2v) is 6.89. The Bertz CT molecular complexity index is 976. The second-order valence-electron chi connectivity index (χ2n) is 5.91. The van der Waals surface area contributed by atoms with Crippen LogP contribution in [0.15, 0.2) is 34.9 Å². The summed E-state index contributed by atoms with van der Waals surface area (Å²) in [6.45, 7) is 0. The summed E-state index contributed by atoms with van der Waals surface area (Å²) in [5.41, 5.74) is 9.65. The highest BCUT2D eigenvalue weighted by Crippen LogP contribution is 2.45. The van der Waals surface area contributed by atoms with E-state index in [2.05, 4.69) is 5.10 Å². The molecule has 0 saturated carbocycles. The van der Waals surface area contributed by atoms with Crippen LogP contribution in [0.25, 0.3) is 5.70 Å². The molecule has 0 atom stereocenters. The maximum atomic E-state index is 12.9. The molecular formula is C17H13F3N3O2S+. The minimum absolute atomic E-state index is 0.0477. The number of amides is 1. The number of primary amides is 1. The first-order valence-electron chi connectivity index (χ1n) is 7.75. The summed E-state index contributed by atoms with van der Waals surface area (Å²) in [5, 5.41) is 4.48. The van der Waals surface area contributed by atoms with Crippen molar-refractivity contribution in [3.8, 4) is 10.8 Å². The molecule has 2 aromatic rings. The number of ether oxygens (including phenoxy) is 1. The van der Waals surface area contributed by atoms with Crippen LogP contribution in [0.5, 0.6) is 10.8 Å². The van der Waals surface area contributed by atoms with Gasteiger partial charge in [-0.05, 0) is 36.6 Å². The van der Waals surface area contributed by atoms with Crippen molar-refractivity contribution in [2.75, 3.05) is 0 Å². The summed E-state index contributed by atoms with van der Waals surface area (Å²) in [6, 6.07) is 4.63. The molecule has 1 aliphatic heterocycles. The van der Waals surface area contributed by atoms with Crippen molar-refractivity contribution in [3.05, 3.63) is 51.4 Å². The first kappa shape index (κ1) is 16.8. The Morgan fingerprint density at radius 3 is 2.85 bits per heavy atom. The van der Waals surface area contributed by atoms with Gasteiger partial charge in [-0.1, -0.05) is 22.5 Å². The van der Waals surface area contributed by atoms with E-state index in [-0.39, 0.29) is 5.75 Å². The molecule has 0 bridgehead atoms. The molecule has 9 heteroatoms. The van der Waals surface area contributed by atoms with E-state index in [1.807, 2.05) is 0 Å². The highest BCUT2D eigenvalue weighted by Gasteiger charge is 2.35. The molecule has 1 aliphatic carbocycles. The number of nitrogens with two attached hydrogens (primary N) is 2. The van der Waals surface area contributed by atoms with Gasteiger partial charge in [-0.3, -0.25) is 4.79 Å². The zero-order valence-electron chi connectivity index (χ0n) is 13.3. The van der Waals surface area contributed by atoms with E-state index in [4.69, 9.17) is 10.5 Å². The molecule has 5 nitrogen and oxygen atoms in total. The fraction of sp³-hybridized carbons (Fsp3) is 0.176. The molecule has 0 radical (unpaired) electrons. The van der Waals surface area contributed by atoms with Crippen LogP contribution in [0.4, 0.5) is 13.2 Å². The van der Waals surface area contributed by atoms with Crippen LogP contribution in [0.2, 0.25) is 0 Å². The zero-order valence-corrected chi connectivity index (χ0v) is 14.1. The molecule has 1 amide bonds. The minimum atomic E-state index is -4.46. The monoisotopic (exact) mass is 380 g/mol. The van der Waals surface area contributed by atoms with Gasteiger partial charge in [-0.15, -0.1) is 0 Å². The molecule has 1 aromatic heterocycles. The lowest BCUT2D eigenvalue weighted by Crippen LogP contribution is -2.73. The molecule has 2 aliphatic rings. The third-order valence-electron chi connectivity index (χ3n) is 4.26. The summed E-state index contributed by atoms with van der Waals surface area (Å²) < 4.78 is 44.5. The van der Waals surface area contributed by atoms with Crippen molar-refractivity contribution in [1.29, 1.82) is 0 Å². The molecule has 0 fully saturated rings. The Balaban J connectivity index is 1.78. The highest BCUT2D eigenvalue weighted by atomic mass is 32.1. The number of carbonyl (C=O) groups excluding carboxylic acids is 1. The van der Waals surface area contributed by atoms with Crippen molar-refractivity contribution in [3.63, 3.8) is 0 Å². The number of allylic oxidation sites excluding steroid dienone is 1. The van der Waals surface area contributed by atoms with Crippen LogP contribution >= 0.6 is 11.3 Å². The highest BCUT2D eigenvalue weighted by molar-refractivity contribution is 7.16. The fourth-order valence-electron chi connectivity index (χ4n) is 3.11. The first-order valence-corrected chi connectivity index (χ1v) is 8.56. The molecule has 4 rings (SSSR count). The third-order valence-corrected chi connectivity index (χ3v) is 5.39. The Labute approximate surface area is 150 Å². The van der Waals surface area contributed by atoms with E-state index < -0.39 is 17.6 Å². The van der Waals surface area contributed by atoms with Gasteiger partial charge in [0.1, 0.15) is 5.75 Å². The van der Waals surface area contributed by atoms with Gasteiger partial charge in [-0.2, -0.15) is 18.6 Å². The van der Waals surface area contributed by atoms with E-state index in [0.717, 1.165) is 46.7 Å². The van der Waals surface area contributed by atoms with Gasteiger partial charge in [0.05, 0.1) is 22.2 Å². The Kier molecular flexibility index (Phi) is 3.85. The van der Waals surface area contributed by atoms with E-state index in [1.54, 1.807) is 11.6 Å². The van der Waals surface area contributed by atoms with Crippen LogP contribution in [0.1, 0.15) is 32.8 Å². The SMILES string of the molecule is NC(=O)c1sc(Oc2cccc(C(F)(F)F)c2)c2c1CCC1=C2[NH2+]N=C1. The number of nitrogens with zero attached hydrogens (tertiary/aromatic N) is 1. The van der Waals surface area contributed by atoms with Gasteiger partial charge < -0.3 is 10.5 Å². The standard InChI is InChI=1S/C17H12F3N3O2S/c18-17(19,20)9-2-1-3-10(6-9)25-16-12-11(14(26-16)15(21)24)5-4-8-7-22-23-13(8)12/h1-3,6-7H,4-5H2,(H2,21,24)(H,22,23)/p+1. The fourth-order valence-corrected chi connectivity index (χ4v) is 4.19. The van der Waals surface area contributed by atoms with Crippen molar-refractivity contribution >= 4 is 29.2 Å². The summed E-state index contributed by atoms with van der Waals surface area (Å²) in [7, 11) is 0. The van der Waals surface area contributed by atoms with Gasteiger partial charge in [0.2, 0.25) is 0 Å². The van der Waals surface area contributed by atoms with Gasteiger partial charge in [-0.25, -0.2) is 0 Å². The predicted molar refractivity (Wildman–Crippen MR) is 90.0 cm³/mol. The lowest BCUT2D eigenvalue weighted by Gasteiger charge is -2.14. The smallest absolute Gasteiger partial charge is 0.416 e. The predicted octanol–water partition coefficient (Wildman–Crippen LogP) is 2.88. The van der Waals surface area contributed by atoms with Crippen molar-refractivity contribution in [1.82, 2.24) is 0 Å². The Morgan fingerprint density at radius 1 is 1.31 bits per heavy atom. The minimum Gasteiger partial charge on any atom is -0.446 e. The number of halogens is 3. The van der Waals surface area contributed by atoms with Crippen LogP contribution in [0, 0.1) is 0 Å². The lowest BCUT2D eigenvalue weighted by molar-refractivity contribution is -0.565. The molecule has 0 unspecified atom stereocenters. The number of thiophene rings is 1. The molecule has 2 heterocycles. The number of quaternary nitrogens is 1. The van der Waals surface area contributed by atoms with Crippen molar-refractivity contribution < 1.29 is 28.1 Å². The third kappa shape index (κ3) is 2.78. The van der Waals surface area contributed by atoms with E-state index in [0.29, 0.717) is 21.9 Å². The Morgan fingerprint density at radius 2 is 2.12 bits per heavy atom. The van der Waals surface area contributed by atoms with Crippen LogP contribution < -0.4 is 15.9 Å². The van der Waals surface area contributed by atoms with Crippen LogP contribution in [-0.4, -0.2) is 12.1 Å².